The Morgan fingerprint density at radius 3 is 2.33 bits per heavy atom. The van der Waals surface area contributed by atoms with Gasteiger partial charge in [-0.3, -0.25) is 4.79 Å². The maximum Gasteiger partial charge on any atom is 0.239 e. The predicted molar refractivity (Wildman–Crippen MR) is 62.5 cm³/mol. The first-order valence-corrected chi connectivity index (χ1v) is 6.08. The van der Waals surface area contributed by atoms with Crippen LogP contribution in [0.3, 0.4) is 0 Å². The van der Waals surface area contributed by atoms with Crippen molar-refractivity contribution in [2.45, 2.75) is 58.0 Å². The Morgan fingerprint density at radius 2 is 1.93 bits per heavy atom. The average Bonchev–Trinajstić information content (AvgIpc) is 2.27. The molecule has 0 spiro atoms. The molecule has 0 aromatic rings. The zero-order valence-electron chi connectivity index (χ0n) is 10.2. The lowest BCUT2D eigenvalue weighted by atomic mass is 9.84. The van der Waals surface area contributed by atoms with Crippen LogP contribution in [0.1, 0.15) is 46.0 Å². The molecule has 1 rings (SSSR count). The van der Waals surface area contributed by atoms with Gasteiger partial charge in [-0.1, -0.05) is 13.3 Å². The van der Waals surface area contributed by atoms with E-state index in [-0.39, 0.29) is 11.9 Å². The standard InChI is InChI=1S/C12H24N2O/c1-4-10-5-7-11(8-6-10)14(3)12(15)9(2)13/h9-11H,4-8,13H2,1-3H3/t9-,10?,11?/m1/s1. The van der Waals surface area contributed by atoms with Gasteiger partial charge in [-0.05, 0) is 38.5 Å². The molecule has 15 heavy (non-hydrogen) atoms. The highest BCUT2D eigenvalue weighted by Gasteiger charge is 2.26. The van der Waals surface area contributed by atoms with E-state index in [0.717, 1.165) is 18.8 Å². The van der Waals surface area contributed by atoms with Crippen LogP contribution in [-0.4, -0.2) is 29.9 Å². The Bertz CT molecular complexity index is 208. The molecule has 0 heterocycles. The van der Waals surface area contributed by atoms with E-state index in [0.29, 0.717) is 6.04 Å². The minimum atomic E-state index is -0.362. The number of amides is 1. The molecule has 0 aromatic carbocycles. The van der Waals surface area contributed by atoms with Gasteiger partial charge < -0.3 is 10.6 Å². The van der Waals surface area contributed by atoms with Gasteiger partial charge in [0, 0.05) is 13.1 Å². The summed E-state index contributed by atoms with van der Waals surface area (Å²) in [5.41, 5.74) is 5.61. The first kappa shape index (κ1) is 12.5. The normalized spacial score (nSPS) is 28.5. The number of carbonyl (C=O) groups excluding carboxylic acids is 1. The molecule has 88 valence electrons. The molecule has 0 saturated heterocycles. The van der Waals surface area contributed by atoms with Gasteiger partial charge in [0.15, 0.2) is 0 Å². The monoisotopic (exact) mass is 212 g/mol. The zero-order valence-corrected chi connectivity index (χ0v) is 10.2. The van der Waals surface area contributed by atoms with Crippen molar-refractivity contribution >= 4 is 5.91 Å². The van der Waals surface area contributed by atoms with Crippen LogP contribution >= 0.6 is 0 Å². The Balaban J connectivity index is 2.42. The van der Waals surface area contributed by atoms with Crippen LogP contribution in [0.25, 0.3) is 0 Å². The number of hydrogen-bond donors (Lipinski definition) is 1. The maximum absolute atomic E-state index is 11.7. The van der Waals surface area contributed by atoms with Crippen LogP contribution in [0.4, 0.5) is 0 Å². The molecular weight excluding hydrogens is 188 g/mol. The number of hydrogen-bond acceptors (Lipinski definition) is 2. The molecular formula is C12H24N2O. The van der Waals surface area contributed by atoms with E-state index in [4.69, 9.17) is 5.73 Å². The largest absolute Gasteiger partial charge is 0.341 e. The van der Waals surface area contributed by atoms with Gasteiger partial charge in [0.05, 0.1) is 6.04 Å². The number of likely N-dealkylation sites (N-methyl/N-ethyl adjacent to an activating group) is 1. The van der Waals surface area contributed by atoms with Crippen molar-refractivity contribution in [3.8, 4) is 0 Å². The van der Waals surface area contributed by atoms with Gasteiger partial charge >= 0.3 is 0 Å². The first-order chi connectivity index (χ1) is 7.06. The summed E-state index contributed by atoms with van der Waals surface area (Å²) in [5, 5.41) is 0. The summed E-state index contributed by atoms with van der Waals surface area (Å²) >= 11 is 0. The lowest BCUT2D eigenvalue weighted by Crippen LogP contribution is -2.46. The molecule has 0 bridgehead atoms. The van der Waals surface area contributed by atoms with E-state index in [1.807, 2.05) is 11.9 Å². The summed E-state index contributed by atoms with van der Waals surface area (Å²) in [4.78, 5) is 13.6. The lowest BCUT2D eigenvalue weighted by Gasteiger charge is -2.35. The van der Waals surface area contributed by atoms with Gasteiger partial charge in [-0.2, -0.15) is 0 Å². The molecule has 1 amide bonds. The zero-order chi connectivity index (χ0) is 11.4. The second-order valence-electron chi connectivity index (χ2n) is 4.82. The average molecular weight is 212 g/mol. The topological polar surface area (TPSA) is 46.3 Å². The fourth-order valence-corrected chi connectivity index (χ4v) is 2.44. The van der Waals surface area contributed by atoms with E-state index in [2.05, 4.69) is 6.92 Å². The van der Waals surface area contributed by atoms with Crippen LogP contribution in [0.2, 0.25) is 0 Å². The van der Waals surface area contributed by atoms with Gasteiger partial charge in [0.1, 0.15) is 0 Å². The van der Waals surface area contributed by atoms with Gasteiger partial charge in [0.2, 0.25) is 5.91 Å². The minimum absolute atomic E-state index is 0.0787. The summed E-state index contributed by atoms with van der Waals surface area (Å²) in [5.74, 6) is 0.954. The molecule has 1 fully saturated rings. The predicted octanol–water partition coefficient (Wildman–Crippen LogP) is 1.76. The van der Waals surface area contributed by atoms with Crippen LogP contribution < -0.4 is 5.73 Å². The van der Waals surface area contributed by atoms with Crippen molar-refractivity contribution in [2.24, 2.45) is 11.7 Å². The van der Waals surface area contributed by atoms with E-state index in [1.165, 1.54) is 19.3 Å². The molecule has 0 unspecified atom stereocenters. The highest BCUT2D eigenvalue weighted by molar-refractivity contribution is 5.81. The minimum Gasteiger partial charge on any atom is -0.341 e. The number of nitrogens with two attached hydrogens (primary N) is 1. The fraction of sp³-hybridized carbons (Fsp3) is 0.917. The van der Waals surface area contributed by atoms with E-state index in [9.17, 15) is 4.79 Å². The SMILES string of the molecule is CCC1CCC(N(C)C(=O)[C@@H](C)N)CC1. The van der Waals surface area contributed by atoms with Crippen molar-refractivity contribution in [3.05, 3.63) is 0 Å². The van der Waals surface area contributed by atoms with Crippen LogP contribution in [0.5, 0.6) is 0 Å². The van der Waals surface area contributed by atoms with Crippen molar-refractivity contribution in [3.63, 3.8) is 0 Å². The Morgan fingerprint density at radius 1 is 1.40 bits per heavy atom. The lowest BCUT2D eigenvalue weighted by molar-refractivity contribution is -0.133. The Hall–Kier alpha value is -0.570. The third-order valence-electron chi connectivity index (χ3n) is 3.68. The van der Waals surface area contributed by atoms with E-state index >= 15 is 0 Å². The number of rotatable bonds is 3. The quantitative estimate of drug-likeness (QED) is 0.775. The van der Waals surface area contributed by atoms with Crippen LogP contribution in [0.15, 0.2) is 0 Å². The third-order valence-corrected chi connectivity index (χ3v) is 3.68. The molecule has 0 aliphatic heterocycles. The number of nitrogens with zero attached hydrogens (tertiary/aromatic N) is 1. The van der Waals surface area contributed by atoms with Crippen LogP contribution in [-0.2, 0) is 4.79 Å². The molecule has 0 aromatic heterocycles. The highest BCUT2D eigenvalue weighted by atomic mass is 16.2. The molecule has 2 N–H and O–H groups in total. The fourth-order valence-electron chi connectivity index (χ4n) is 2.44. The molecule has 3 nitrogen and oxygen atoms in total. The van der Waals surface area contributed by atoms with E-state index < -0.39 is 0 Å². The maximum atomic E-state index is 11.7. The van der Waals surface area contributed by atoms with E-state index in [1.54, 1.807) is 6.92 Å². The molecule has 1 saturated carbocycles. The Labute approximate surface area is 93.0 Å². The summed E-state index contributed by atoms with van der Waals surface area (Å²) < 4.78 is 0. The van der Waals surface area contributed by atoms with Gasteiger partial charge in [-0.15, -0.1) is 0 Å². The number of carbonyl (C=O) groups is 1. The smallest absolute Gasteiger partial charge is 0.239 e. The molecule has 0 radical (unpaired) electrons. The molecule has 1 atom stereocenters. The first-order valence-electron chi connectivity index (χ1n) is 6.08. The second-order valence-corrected chi connectivity index (χ2v) is 4.82. The molecule has 1 aliphatic carbocycles. The van der Waals surface area contributed by atoms with Gasteiger partial charge in [0.25, 0.3) is 0 Å². The van der Waals surface area contributed by atoms with Crippen molar-refractivity contribution < 1.29 is 4.79 Å². The molecule has 3 heteroatoms. The summed E-state index contributed by atoms with van der Waals surface area (Å²) in [6.07, 6.45) is 6.09. The van der Waals surface area contributed by atoms with Gasteiger partial charge in [-0.25, -0.2) is 0 Å². The molecule has 1 aliphatic rings. The Kier molecular flexibility index (Phi) is 4.58. The van der Waals surface area contributed by atoms with Crippen molar-refractivity contribution in [1.29, 1.82) is 0 Å². The second kappa shape index (κ2) is 5.50. The summed E-state index contributed by atoms with van der Waals surface area (Å²) in [6.45, 7) is 4.01. The highest BCUT2D eigenvalue weighted by Crippen LogP contribution is 2.28. The summed E-state index contributed by atoms with van der Waals surface area (Å²) in [7, 11) is 1.89. The van der Waals surface area contributed by atoms with Crippen LogP contribution in [0, 0.1) is 5.92 Å². The summed E-state index contributed by atoms with van der Waals surface area (Å²) in [6, 6.07) is 0.0604. The van der Waals surface area contributed by atoms with Crippen molar-refractivity contribution in [2.75, 3.05) is 7.05 Å². The van der Waals surface area contributed by atoms with Crippen molar-refractivity contribution in [1.82, 2.24) is 4.90 Å². The third kappa shape index (κ3) is 3.20.